The number of anilines is 1. The van der Waals surface area contributed by atoms with E-state index in [1.807, 2.05) is 116 Å². The van der Waals surface area contributed by atoms with Crippen molar-refractivity contribution in [2.24, 2.45) is 0 Å². The number of rotatable bonds is 6. The van der Waals surface area contributed by atoms with Crippen LogP contribution in [-0.2, 0) is 20.1 Å². The van der Waals surface area contributed by atoms with Crippen molar-refractivity contribution in [2.75, 3.05) is 11.9 Å². The van der Waals surface area contributed by atoms with Gasteiger partial charge in [0.25, 0.3) is 11.8 Å². The molecule has 188 valence electrons. The molecule has 0 aliphatic carbocycles. The molecule has 7 nitrogen and oxygen atoms in total. The van der Waals surface area contributed by atoms with Crippen molar-refractivity contribution in [1.82, 2.24) is 10.4 Å². The number of aryl methyl sites for hydroxylation is 1. The fourth-order valence-electron chi connectivity index (χ4n) is 4.76. The molecular formula is C31H25N3O4. The Kier molecular flexibility index (Phi) is 5.81. The lowest BCUT2D eigenvalue weighted by molar-refractivity contribution is -0.154. The van der Waals surface area contributed by atoms with E-state index in [4.69, 9.17) is 9.47 Å². The first kappa shape index (κ1) is 23.4. The maximum atomic E-state index is 13.7. The molecular weight excluding hydrogens is 478 g/mol. The molecule has 2 heterocycles. The van der Waals surface area contributed by atoms with E-state index in [2.05, 4.69) is 10.7 Å². The molecule has 0 saturated heterocycles. The highest BCUT2D eigenvalue weighted by Crippen LogP contribution is 2.52. The third-order valence-electron chi connectivity index (χ3n) is 6.56. The Hall–Kier alpha value is -5.04. The fourth-order valence-corrected chi connectivity index (χ4v) is 4.76. The zero-order valence-electron chi connectivity index (χ0n) is 20.7. The van der Waals surface area contributed by atoms with Gasteiger partial charge in [0.2, 0.25) is 0 Å². The molecule has 6 rings (SSSR count). The molecule has 0 fully saturated rings. The molecule has 7 heteroatoms. The molecule has 1 unspecified atom stereocenters. The number of nitrogens with zero attached hydrogens (tertiary/aromatic N) is 1. The number of amides is 2. The van der Waals surface area contributed by atoms with Crippen LogP contribution in [0.4, 0.5) is 5.69 Å². The molecule has 2 aliphatic heterocycles. The van der Waals surface area contributed by atoms with E-state index < -0.39 is 17.5 Å². The molecule has 2 N–H and O–H groups in total. The van der Waals surface area contributed by atoms with Gasteiger partial charge in [0, 0.05) is 11.1 Å². The molecule has 0 aromatic heterocycles. The average molecular weight is 504 g/mol. The summed E-state index contributed by atoms with van der Waals surface area (Å²) < 4.78 is 12.4. The van der Waals surface area contributed by atoms with Crippen LogP contribution in [0.15, 0.2) is 109 Å². The summed E-state index contributed by atoms with van der Waals surface area (Å²) >= 11 is 0. The van der Waals surface area contributed by atoms with Gasteiger partial charge in [-0.3, -0.25) is 15.0 Å². The van der Waals surface area contributed by atoms with Crippen LogP contribution in [0.25, 0.3) is 11.5 Å². The average Bonchev–Trinajstić information content (AvgIpc) is 3.44. The molecule has 0 bridgehead atoms. The second-order valence-electron chi connectivity index (χ2n) is 9.13. The highest BCUT2D eigenvalue weighted by molar-refractivity contribution is 6.08. The van der Waals surface area contributed by atoms with Gasteiger partial charge in [-0.1, -0.05) is 96.6 Å². The molecule has 2 amide bonds. The number of hydrogen-bond acceptors (Lipinski definition) is 5. The number of hydrazine groups is 1. The van der Waals surface area contributed by atoms with Crippen LogP contribution in [0.5, 0.6) is 5.75 Å². The minimum atomic E-state index is -1.65. The summed E-state index contributed by atoms with van der Waals surface area (Å²) in [7, 11) is 0. The lowest BCUT2D eigenvalue weighted by Gasteiger charge is -2.34. The second kappa shape index (κ2) is 9.44. The topological polar surface area (TPSA) is 79.9 Å². The fraction of sp³-hybridized carbons (Fsp3) is 0.0968. The summed E-state index contributed by atoms with van der Waals surface area (Å²) in [5, 5.41) is 4.46. The van der Waals surface area contributed by atoms with Gasteiger partial charge < -0.3 is 14.8 Å². The van der Waals surface area contributed by atoms with Crippen molar-refractivity contribution >= 4 is 29.0 Å². The van der Waals surface area contributed by atoms with Crippen LogP contribution >= 0.6 is 0 Å². The second-order valence-corrected chi connectivity index (χ2v) is 9.13. The molecule has 4 aromatic rings. The summed E-state index contributed by atoms with van der Waals surface area (Å²) in [4.78, 5) is 27.1. The molecule has 0 radical (unpaired) electrons. The van der Waals surface area contributed by atoms with Crippen LogP contribution in [0.1, 0.15) is 22.3 Å². The number of carbonyl (C=O) groups is 2. The third kappa shape index (κ3) is 3.94. The van der Waals surface area contributed by atoms with Crippen molar-refractivity contribution in [2.45, 2.75) is 12.6 Å². The number of nitrogens with one attached hydrogen (secondary N) is 2. The summed E-state index contributed by atoms with van der Waals surface area (Å²) in [6.07, 6.45) is 0. The first-order valence-electron chi connectivity index (χ1n) is 12.3. The predicted molar refractivity (Wildman–Crippen MR) is 144 cm³/mol. The SMILES string of the molecule is Cc1ccc(OCC(=O)NN2C(c3ccccc3)=C(c3ccccc3)OC23C(=O)Nc2ccccc23)cc1. The van der Waals surface area contributed by atoms with Gasteiger partial charge in [0.15, 0.2) is 12.4 Å². The van der Waals surface area contributed by atoms with Gasteiger partial charge in [-0.05, 0) is 25.1 Å². The maximum Gasteiger partial charge on any atom is 0.308 e. The Morgan fingerprint density at radius 2 is 1.50 bits per heavy atom. The van der Waals surface area contributed by atoms with Gasteiger partial charge in [0.05, 0.1) is 11.3 Å². The van der Waals surface area contributed by atoms with Crippen molar-refractivity contribution in [3.8, 4) is 5.75 Å². The monoisotopic (exact) mass is 503 g/mol. The highest BCUT2D eigenvalue weighted by atomic mass is 16.5. The van der Waals surface area contributed by atoms with Crippen molar-refractivity contribution < 1.29 is 19.1 Å². The largest absolute Gasteiger partial charge is 0.484 e. The van der Waals surface area contributed by atoms with E-state index in [-0.39, 0.29) is 6.61 Å². The van der Waals surface area contributed by atoms with Crippen molar-refractivity contribution in [3.63, 3.8) is 0 Å². The summed E-state index contributed by atoms with van der Waals surface area (Å²) in [5.41, 5.74) is 5.72. The number of carbonyl (C=O) groups excluding carboxylic acids is 2. The van der Waals surface area contributed by atoms with Gasteiger partial charge in [-0.15, -0.1) is 0 Å². The van der Waals surface area contributed by atoms with Crippen LogP contribution in [0, 0.1) is 6.92 Å². The Morgan fingerprint density at radius 1 is 0.868 bits per heavy atom. The summed E-state index contributed by atoms with van der Waals surface area (Å²) in [5.74, 6) is 0.209. The van der Waals surface area contributed by atoms with Crippen LogP contribution in [0.3, 0.4) is 0 Å². The third-order valence-corrected chi connectivity index (χ3v) is 6.56. The summed E-state index contributed by atoms with van der Waals surface area (Å²) in [6, 6.07) is 33.9. The minimum absolute atomic E-state index is 0.248. The summed E-state index contributed by atoms with van der Waals surface area (Å²) in [6.45, 7) is 1.73. The lowest BCUT2D eigenvalue weighted by Crippen LogP contribution is -2.56. The quantitative estimate of drug-likeness (QED) is 0.384. The Bertz CT molecular complexity index is 1530. The molecule has 2 aliphatic rings. The van der Waals surface area contributed by atoms with E-state index in [9.17, 15) is 9.59 Å². The number of benzene rings is 4. The maximum absolute atomic E-state index is 13.7. The Labute approximate surface area is 220 Å². The Morgan fingerprint density at radius 3 is 2.21 bits per heavy atom. The number of para-hydroxylation sites is 1. The van der Waals surface area contributed by atoms with Crippen LogP contribution in [0.2, 0.25) is 0 Å². The predicted octanol–water partition coefficient (Wildman–Crippen LogP) is 5.07. The van der Waals surface area contributed by atoms with E-state index in [0.29, 0.717) is 28.5 Å². The van der Waals surface area contributed by atoms with E-state index in [1.54, 1.807) is 0 Å². The first-order valence-corrected chi connectivity index (χ1v) is 12.3. The number of hydrogen-bond donors (Lipinski definition) is 2. The van der Waals surface area contributed by atoms with Crippen LogP contribution in [-0.4, -0.2) is 23.4 Å². The Balaban J connectivity index is 1.45. The standard InChI is InChI=1S/C31H25N3O4/c1-21-16-18-24(19-17-21)37-20-27(35)33-34-28(22-10-4-2-5-11-22)29(23-12-6-3-7-13-23)38-31(34)25-14-8-9-15-26(25)32-30(31)36/h2-19H,20H2,1H3,(H,32,36)(H,33,35). The van der Waals surface area contributed by atoms with Crippen molar-refractivity contribution in [3.05, 3.63) is 131 Å². The zero-order chi connectivity index (χ0) is 26.1. The van der Waals surface area contributed by atoms with E-state index in [1.165, 1.54) is 5.01 Å². The van der Waals surface area contributed by atoms with E-state index >= 15 is 0 Å². The highest BCUT2D eigenvalue weighted by Gasteiger charge is 2.60. The van der Waals surface area contributed by atoms with Gasteiger partial charge in [0.1, 0.15) is 11.4 Å². The van der Waals surface area contributed by atoms with Gasteiger partial charge in [-0.25, -0.2) is 5.01 Å². The molecule has 1 spiro atoms. The minimum Gasteiger partial charge on any atom is -0.484 e. The molecule has 0 saturated carbocycles. The van der Waals surface area contributed by atoms with Crippen LogP contribution < -0.4 is 15.5 Å². The van der Waals surface area contributed by atoms with E-state index in [0.717, 1.165) is 16.7 Å². The molecule has 4 aromatic carbocycles. The molecule has 1 atom stereocenters. The smallest absolute Gasteiger partial charge is 0.308 e. The first-order chi connectivity index (χ1) is 18.6. The number of ether oxygens (including phenoxy) is 2. The number of fused-ring (bicyclic) bond motifs is 2. The lowest BCUT2D eigenvalue weighted by atomic mass is 10.0. The molecule has 38 heavy (non-hydrogen) atoms. The van der Waals surface area contributed by atoms with Gasteiger partial charge >= 0.3 is 5.72 Å². The van der Waals surface area contributed by atoms with Crippen molar-refractivity contribution in [1.29, 1.82) is 0 Å². The zero-order valence-corrected chi connectivity index (χ0v) is 20.7. The normalized spacial score (nSPS) is 17.7. The van der Waals surface area contributed by atoms with Gasteiger partial charge in [-0.2, -0.15) is 0 Å².